The number of carbonyl (C=O) groups is 2. The van der Waals surface area contributed by atoms with Crippen LogP contribution in [0.25, 0.3) is 16.8 Å². The summed E-state index contributed by atoms with van der Waals surface area (Å²) in [4.78, 5) is 23.9. The van der Waals surface area contributed by atoms with Crippen LogP contribution in [0.1, 0.15) is 19.4 Å². The molecule has 0 amide bonds. The van der Waals surface area contributed by atoms with Crippen molar-refractivity contribution < 1.29 is 19.1 Å². The molecule has 3 rings (SSSR count). The van der Waals surface area contributed by atoms with Crippen molar-refractivity contribution in [3.63, 3.8) is 0 Å². The molecule has 0 unspecified atom stereocenters. The van der Waals surface area contributed by atoms with Gasteiger partial charge in [0.25, 0.3) is 5.79 Å². The molecule has 0 saturated carbocycles. The molecule has 0 aromatic heterocycles. The Hall–Kier alpha value is -2.14. The van der Waals surface area contributed by atoms with E-state index in [1.54, 1.807) is 0 Å². The Balaban J connectivity index is 2.05. The molecule has 2 aromatic carbocycles. The van der Waals surface area contributed by atoms with E-state index in [4.69, 9.17) is 9.47 Å². The lowest BCUT2D eigenvalue weighted by Gasteiger charge is -2.29. The van der Waals surface area contributed by atoms with E-state index < -0.39 is 17.7 Å². The number of ether oxygens (including phenoxy) is 2. The molecule has 112 valence electrons. The zero-order chi connectivity index (χ0) is 15.9. The quantitative estimate of drug-likeness (QED) is 0.440. The average Bonchev–Trinajstić information content (AvgIpc) is 2.42. The van der Waals surface area contributed by atoms with Crippen molar-refractivity contribution in [2.75, 3.05) is 0 Å². The Morgan fingerprint density at radius 3 is 2.36 bits per heavy atom. The van der Waals surface area contributed by atoms with Gasteiger partial charge in [-0.15, -0.1) is 0 Å². The second-order valence-corrected chi connectivity index (χ2v) is 6.32. The summed E-state index contributed by atoms with van der Waals surface area (Å²) >= 11 is 3.50. The van der Waals surface area contributed by atoms with Crippen LogP contribution in [0.3, 0.4) is 0 Å². The largest absolute Gasteiger partial charge is 0.419 e. The number of benzene rings is 2. The molecule has 2 aromatic rings. The fraction of sp³-hybridized carbons (Fsp3) is 0.176. The second kappa shape index (κ2) is 5.25. The molecular formula is C17H13BrO4. The number of carbonyl (C=O) groups excluding carboxylic acids is 2. The Bertz CT molecular complexity index is 799. The molecule has 0 radical (unpaired) electrons. The lowest BCUT2D eigenvalue weighted by atomic mass is 10.0. The van der Waals surface area contributed by atoms with Crippen molar-refractivity contribution in [1.82, 2.24) is 0 Å². The van der Waals surface area contributed by atoms with Gasteiger partial charge in [-0.1, -0.05) is 40.2 Å². The number of hydrogen-bond acceptors (Lipinski definition) is 4. The van der Waals surface area contributed by atoms with E-state index in [9.17, 15) is 9.59 Å². The van der Waals surface area contributed by atoms with E-state index >= 15 is 0 Å². The van der Waals surface area contributed by atoms with Crippen LogP contribution in [-0.2, 0) is 19.1 Å². The molecule has 1 saturated heterocycles. The van der Waals surface area contributed by atoms with E-state index in [1.807, 2.05) is 36.4 Å². The van der Waals surface area contributed by atoms with Crippen molar-refractivity contribution in [2.24, 2.45) is 0 Å². The van der Waals surface area contributed by atoms with Crippen molar-refractivity contribution >= 4 is 44.7 Å². The third-order valence-electron chi connectivity index (χ3n) is 3.26. The van der Waals surface area contributed by atoms with Crippen molar-refractivity contribution in [2.45, 2.75) is 19.6 Å². The summed E-state index contributed by atoms with van der Waals surface area (Å²) in [5, 5.41) is 2.06. The molecule has 1 heterocycles. The van der Waals surface area contributed by atoms with Gasteiger partial charge in [0.1, 0.15) is 5.57 Å². The fourth-order valence-electron chi connectivity index (χ4n) is 2.31. The molecule has 22 heavy (non-hydrogen) atoms. The molecule has 0 N–H and O–H groups in total. The fourth-order valence-corrected chi connectivity index (χ4v) is 2.94. The highest BCUT2D eigenvalue weighted by molar-refractivity contribution is 9.10. The van der Waals surface area contributed by atoms with E-state index in [0.29, 0.717) is 5.56 Å². The second-order valence-electron chi connectivity index (χ2n) is 5.46. The number of halogens is 1. The summed E-state index contributed by atoms with van der Waals surface area (Å²) in [6.07, 6.45) is 1.48. The number of cyclic esters (lactones) is 2. The summed E-state index contributed by atoms with van der Waals surface area (Å²) in [6.45, 7) is 3.04. The third-order valence-corrected chi connectivity index (χ3v) is 3.92. The molecule has 0 bridgehead atoms. The number of rotatable bonds is 1. The predicted octanol–water partition coefficient (Wildman–Crippen LogP) is 3.82. The van der Waals surface area contributed by atoms with Gasteiger partial charge in [0.2, 0.25) is 0 Å². The first-order chi connectivity index (χ1) is 10.4. The van der Waals surface area contributed by atoms with Gasteiger partial charge in [-0.05, 0) is 34.5 Å². The van der Waals surface area contributed by atoms with Gasteiger partial charge in [0, 0.05) is 18.3 Å². The molecular weight excluding hydrogens is 348 g/mol. The van der Waals surface area contributed by atoms with E-state index in [1.165, 1.54) is 19.9 Å². The highest BCUT2D eigenvalue weighted by Crippen LogP contribution is 2.29. The van der Waals surface area contributed by atoms with Gasteiger partial charge in [-0.25, -0.2) is 9.59 Å². The van der Waals surface area contributed by atoms with Crippen molar-refractivity contribution in [3.8, 4) is 0 Å². The number of esters is 2. The van der Waals surface area contributed by atoms with E-state index in [2.05, 4.69) is 15.9 Å². The SMILES string of the molecule is CC1(C)OC(=O)C(=Cc2cc(Br)c3ccccc3c2)C(=O)O1. The maximum atomic E-state index is 12.0. The first kappa shape index (κ1) is 14.8. The Labute approximate surface area is 135 Å². The Morgan fingerprint density at radius 1 is 1.05 bits per heavy atom. The molecule has 4 nitrogen and oxygen atoms in total. The zero-order valence-electron chi connectivity index (χ0n) is 12.1. The molecule has 5 heteroatoms. The summed E-state index contributed by atoms with van der Waals surface area (Å²) in [6, 6.07) is 11.6. The Kier molecular flexibility index (Phi) is 3.53. The van der Waals surface area contributed by atoms with Gasteiger partial charge in [-0.2, -0.15) is 0 Å². The van der Waals surface area contributed by atoms with Crippen LogP contribution in [0.5, 0.6) is 0 Å². The number of hydrogen-bond donors (Lipinski definition) is 0. The predicted molar refractivity (Wildman–Crippen MR) is 85.9 cm³/mol. The minimum Gasteiger partial charge on any atom is -0.419 e. The zero-order valence-corrected chi connectivity index (χ0v) is 13.6. The van der Waals surface area contributed by atoms with Crippen LogP contribution in [0.2, 0.25) is 0 Å². The van der Waals surface area contributed by atoms with Gasteiger partial charge >= 0.3 is 11.9 Å². The van der Waals surface area contributed by atoms with E-state index in [-0.39, 0.29) is 5.57 Å². The van der Waals surface area contributed by atoms with Gasteiger partial charge < -0.3 is 9.47 Å². The maximum Gasteiger partial charge on any atom is 0.348 e. The molecule has 0 aliphatic carbocycles. The van der Waals surface area contributed by atoms with Crippen LogP contribution < -0.4 is 0 Å². The summed E-state index contributed by atoms with van der Waals surface area (Å²) in [5.41, 5.74) is 0.607. The maximum absolute atomic E-state index is 12.0. The van der Waals surface area contributed by atoms with Gasteiger partial charge in [0.15, 0.2) is 0 Å². The van der Waals surface area contributed by atoms with Gasteiger partial charge in [-0.3, -0.25) is 0 Å². The standard InChI is InChI=1S/C17H13BrO4/c1-17(2)21-15(19)13(16(20)22-17)8-10-7-11-5-3-4-6-12(11)14(18)9-10/h3-9H,1-2H3. The van der Waals surface area contributed by atoms with E-state index in [0.717, 1.165) is 15.2 Å². The highest BCUT2D eigenvalue weighted by Gasteiger charge is 2.38. The van der Waals surface area contributed by atoms with Crippen LogP contribution in [-0.4, -0.2) is 17.7 Å². The molecule has 0 atom stereocenters. The summed E-state index contributed by atoms with van der Waals surface area (Å²) in [7, 11) is 0. The van der Waals surface area contributed by atoms with Crippen molar-refractivity contribution in [1.29, 1.82) is 0 Å². The summed E-state index contributed by atoms with van der Waals surface area (Å²) in [5.74, 6) is -2.58. The monoisotopic (exact) mass is 360 g/mol. The normalized spacial score (nSPS) is 17.1. The first-order valence-corrected chi connectivity index (χ1v) is 7.52. The van der Waals surface area contributed by atoms with Crippen LogP contribution in [0, 0.1) is 0 Å². The average molecular weight is 361 g/mol. The topological polar surface area (TPSA) is 52.6 Å². The minimum absolute atomic E-state index is 0.110. The Morgan fingerprint density at radius 2 is 1.68 bits per heavy atom. The highest BCUT2D eigenvalue weighted by atomic mass is 79.9. The minimum atomic E-state index is -1.23. The molecule has 1 fully saturated rings. The molecule has 0 spiro atoms. The van der Waals surface area contributed by atoms with Crippen LogP contribution >= 0.6 is 15.9 Å². The van der Waals surface area contributed by atoms with Crippen molar-refractivity contribution in [3.05, 3.63) is 52.0 Å². The smallest absolute Gasteiger partial charge is 0.348 e. The molecule has 1 aliphatic rings. The molecule has 1 aliphatic heterocycles. The lowest BCUT2D eigenvalue weighted by molar-refractivity contribution is -0.222. The third kappa shape index (κ3) is 2.76. The van der Waals surface area contributed by atoms with Crippen LogP contribution in [0.4, 0.5) is 0 Å². The van der Waals surface area contributed by atoms with Gasteiger partial charge in [0.05, 0.1) is 0 Å². The summed E-state index contributed by atoms with van der Waals surface area (Å²) < 4.78 is 11.1. The number of fused-ring (bicyclic) bond motifs is 1. The lowest BCUT2D eigenvalue weighted by Crippen LogP contribution is -2.41. The van der Waals surface area contributed by atoms with Crippen LogP contribution in [0.15, 0.2) is 46.4 Å². The first-order valence-electron chi connectivity index (χ1n) is 6.72.